The highest BCUT2D eigenvalue weighted by Crippen LogP contribution is 2.62. The highest BCUT2D eigenvalue weighted by molar-refractivity contribution is 5.95. The second kappa shape index (κ2) is 6.52. The molecule has 1 aromatic heterocycles. The predicted molar refractivity (Wildman–Crippen MR) is 109 cm³/mol. The van der Waals surface area contributed by atoms with Crippen LogP contribution in [0, 0.1) is 5.92 Å². The molecule has 1 fully saturated rings. The van der Waals surface area contributed by atoms with Crippen LogP contribution in [0.5, 0.6) is 0 Å². The lowest BCUT2D eigenvalue weighted by atomic mass is 9.66. The Hall–Kier alpha value is -2.47. The second-order valence-corrected chi connectivity index (χ2v) is 9.35. The van der Waals surface area contributed by atoms with E-state index in [0.717, 1.165) is 25.0 Å². The van der Waals surface area contributed by atoms with Gasteiger partial charge in [-0.2, -0.15) is 5.10 Å². The molecule has 0 radical (unpaired) electrons. The number of amides is 1. The number of rotatable bonds is 3. The van der Waals surface area contributed by atoms with E-state index in [0.29, 0.717) is 31.1 Å². The Labute approximate surface area is 170 Å². The Bertz CT molecular complexity index is 1040. The van der Waals surface area contributed by atoms with Crippen molar-refractivity contribution in [1.29, 1.82) is 0 Å². The number of nitrogens with one attached hydrogen (secondary N) is 2. The molecule has 2 unspecified atom stereocenters. The predicted octanol–water partition coefficient (Wildman–Crippen LogP) is 2.60. The Kier molecular flexibility index (Phi) is 4.17. The van der Waals surface area contributed by atoms with E-state index in [4.69, 9.17) is 4.74 Å². The van der Waals surface area contributed by atoms with E-state index in [-0.39, 0.29) is 28.9 Å². The Morgan fingerprint density at radius 2 is 2.07 bits per heavy atom. The number of benzene rings is 1. The molecule has 1 spiro atoms. The van der Waals surface area contributed by atoms with Crippen molar-refractivity contribution in [2.45, 2.75) is 57.0 Å². The van der Waals surface area contributed by atoms with E-state index >= 15 is 0 Å². The molecule has 3 aliphatic rings. The molecule has 6 nitrogen and oxygen atoms in total. The fraction of sp³-hybridized carbons (Fsp3) is 0.522. The van der Waals surface area contributed by atoms with Crippen molar-refractivity contribution in [3.05, 3.63) is 62.6 Å². The third-order valence-electron chi connectivity index (χ3n) is 7.26. The fourth-order valence-electron chi connectivity index (χ4n) is 5.37. The van der Waals surface area contributed by atoms with Crippen LogP contribution in [0.3, 0.4) is 0 Å². The van der Waals surface area contributed by atoms with Crippen LogP contribution in [0.25, 0.3) is 0 Å². The number of hydrogen-bond donors (Lipinski definition) is 2. The van der Waals surface area contributed by atoms with Crippen molar-refractivity contribution in [2.75, 3.05) is 13.2 Å². The summed E-state index contributed by atoms with van der Waals surface area (Å²) in [4.78, 5) is 25.2. The summed E-state index contributed by atoms with van der Waals surface area (Å²) in [6.07, 6.45) is 4.01. The average Bonchev–Trinajstić information content (AvgIpc) is 3.44. The van der Waals surface area contributed by atoms with Gasteiger partial charge in [0, 0.05) is 23.9 Å². The molecule has 2 atom stereocenters. The zero-order valence-corrected chi connectivity index (χ0v) is 17.0. The van der Waals surface area contributed by atoms with Crippen LogP contribution < -0.4 is 10.9 Å². The van der Waals surface area contributed by atoms with Crippen LogP contribution in [-0.4, -0.2) is 29.3 Å². The van der Waals surface area contributed by atoms with Crippen molar-refractivity contribution in [1.82, 2.24) is 15.5 Å². The number of nitrogens with zero attached hydrogens (tertiary/aromatic N) is 1. The zero-order valence-electron chi connectivity index (χ0n) is 17.0. The second-order valence-electron chi connectivity index (χ2n) is 9.35. The van der Waals surface area contributed by atoms with Gasteiger partial charge in [0.15, 0.2) is 0 Å². The molecule has 1 aromatic carbocycles. The first-order valence-electron chi connectivity index (χ1n) is 10.5. The van der Waals surface area contributed by atoms with E-state index in [1.165, 1.54) is 11.1 Å². The van der Waals surface area contributed by atoms with Gasteiger partial charge in [0.05, 0.1) is 18.9 Å². The molecule has 2 heterocycles. The van der Waals surface area contributed by atoms with Crippen LogP contribution in [0.1, 0.15) is 65.9 Å². The zero-order chi connectivity index (χ0) is 20.2. The van der Waals surface area contributed by atoms with E-state index in [9.17, 15) is 9.59 Å². The summed E-state index contributed by atoms with van der Waals surface area (Å²) >= 11 is 0. The van der Waals surface area contributed by atoms with Gasteiger partial charge in [-0.25, -0.2) is 5.10 Å². The Morgan fingerprint density at radius 3 is 2.90 bits per heavy atom. The lowest BCUT2D eigenvalue weighted by molar-refractivity contribution is 0.0916. The number of H-pyrrole nitrogens is 1. The summed E-state index contributed by atoms with van der Waals surface area (Å²) in [5, 5.41) is 9.58. The number of carbonyl (C=O) groups is 1. The van der Waals surface area contributed by atoms with E-state index < -0.39 is 5.56 Å². The molecule has 1 amide bonds. The molecule has 0 saturated heterocycles. The molecule has 2 aromatic rings. The quantitative estimate of drug-likeness (QED) is 0.840. The molecule has 1 saturated carbocycles. The van der Waals surface area contributed by atoms with Crippen LogP contribution in [0.15, 0.2) is 29.1 Å². The van der Waals surface area contributed by atoms with Gasteiger partial charge in [0.1, 0.15) is 5.56 Å². The molecule has 29 heavy (non-hydrogen) atoms. The maximum atomic E-state index is 12.9. The highest BCUT2D eigenvalue weighted by Gasteiger charge is 2.58. The van der Waals surface area contributed by atoms with Crippen molar-refractivity contribution in [3.8, 4) is 0 Å². The first-order valence-corrected chi connectivity index (χ1v) is 10.5. The van der Waals surface area contributed by atoms with Gasteiger partial charge in [-0.1, -0.05) is 38.1 Å². The molecular weight excluding hydrogens is 366 g/mol. The molecular formula is C23H27N3O3. The normalized spacial score (nSPS) is 26.5. The third kappa shape index (κ3) is 2.92. The minimum Gasteiger partial charge on any atom is -0.376 e. The summed E-state index contributed by atoms with van der Waals surface area (Å²) in [7, 11) is 0. The number of aromatic amines is 1. The monoisotopic (exact) mass is 393 g/mol. The maximum Gasteiger partial charge on any atom is 0.277 e. The smallest absolute Gasteiger partial charge is 0.277 e. The molecule has 0 bridgehead atoms. The minimum atomic E-state index is -0.443. The van der Waals surface area contributed by atoms with Gasteiger partial charge in [-0.15, -0.1) is 0 Å². The van der Waals surface area contributed by atoms with Gasteiger partial charge < -0.3 is 10.1 Å². The van der Waals surface area contributed by atoms with Crippen molar-refractivity contribution < 1.29 is 9.53 Å². The maximum absolute atomic E-state index is 12.9. The van der Waals surface area contributed by atoms with Crippen LogP contribution in [0.2, 0.25) is 0 Å². The summed E-state index contributed by atoms with van der Waals surface area (Å²) in [5.41, 5.74) is 4.37. The van der Waals surface area contributed by atoms with Crippen molar-refractivity contribution in [3.63, 3.8) is 0 Å². The summed E-state index contributed by atoms with van der Waals surface area (Å²) < 4.78 is 5.46. The summed E-state index contributed by atoms with van der Waals surface area (Å²) in [6.45, 7) is 6.06. The topological polar surface area (TPSA) is 84.1 Å². The Balaban J connectivity index is 1.35. The standard InChI is InChI=1S/C23H27N3O3/c1-22(2)8-9-23(17-6-4-3-5-16(17)22)11-14(23)12-24-20(27)19-15-13-29-10-7-18(15)25-26-21(19)28/h3-6,14H,7-13H2,1-2H3,(H,24,27)(H,26,28). The third-order valence-corrected chi connectivity index (χ3v) is 7.26. The van der Waals surface area contributed by atoms with Gasteiger partial charge in [-0.05, 0) is 41.7 Å². The molecule has 6 heteroatoms. The first kappa shape index (κ1) is 18.6. The van der Waals surface area contributed by atoms with Gasteiger partial charge >= 0.3 is 0 Å². The van der Waals surface area contributed by atoms with E-state index in [2.05, 4.69) is 53.6 Å². The van der Waals surface area contributed by atoms with E-state index in [1.807, 2.05) is 0 Å². The molecule has 2 aliphatic carbocycles. The molecule has 1 aliphatic heterocycles. The number of fused-ring (bicyclic) bond motifs is 3. The lowest BCUT2D eigenvalue weighted by Gasteiger charge is -2.38. The summed E-state index contributed by atoms with van der Waals surface area (Å²) in [5.74, 6) is 0.0959. The van der Waals surface area contributed by atoms with Crippen molar-refractivity contribution >= 4 is 5.91 Å². The van der Waals surface area contributed by atoms with Gasteiger partial charge in [0.25, 0.3) is 11.5 Å². The number of carbonyl (C=O) groups excluding carboxylic acids is 1. The fourth-order valence-corrected chi connectivity index (χ4v) is 5.37. The lowest BCUT2D eigenvalue weighted by Crippen LogP contribution is -2.36. The van der Waals surface area contributed by atoms with Gasteiger partial charge in [0.2, 0.25) is 0 Å². The van der Waals surface area contributed by atoms with Crippen LogP contribution in [0.4, 0.5) is 0 Å². The van der Waals surface area contributed by atoms with Gasteiger partial charge in [-0.3, -0.25) is 9.59 Å². The molecule has 5 rings (SSSR count). The van der Waals surface area contributed by atoms with Crippen molar-refractivity contribution in [2.24, 2.45) is 5.92 Å². The molecule has 152 valence electrons. The largest absolute Gasteiger partial charge is 0.376 e. The number of aromatic nitrogens is 2. The summed E-state index contributed by atoms with van der Waals surface area (Å²) in [6, 6.07) is 8.77. The Morgan fingerprint density at radius 1 is 1.28 bits per heavy atom. The minimum absolute atomic E-state index is 0.162. The van der Waals surface area contributed by atoms with Crippen LogP contribution >= 0.6 is 0 Å². The van der Waals surface area contributed by atoms with E-state index in [1.54, 1.807) is 0 Å². The SMILES string of the molecule is CC1(C)CCC2(CC2CNC(=O)c2c3c(n[nH]c2=O)CCOC3)c2ccccc21. The average molecular weight is 393 g/mol. The first-order chi connectivity index (χ1) is 13.9. The molecule has 2 N–H and O–H groups in total. The highest BCUT2D eigenvalue weighted by atomic mass is 16.5. The number of ether oxygens (including phenoxy) is 1. The number of hydrogen-bond acceptors (Lipinski definition) is 4. The van der Waals surface area contributed by atoms with Crippen LogP contribution in [-0.2, 0) is 28.6 Å².